The molecule has 7 nitrogen and oxygen atoms in total. The summed E-state index contributed by atoms with van der Waals surface area (Å²) in [6.45, 7) is 6.40. The number of hydrogen-bond donors (Lipinski definition) is 2. The Morgan fingerprint density at radius 2 is 1.71 bits per heavy atom. The number of nitrogens with one attached hydrogen (secondary N) is 2. The minimum atomic E-state index is -0.798. The number of amides is 2. The molecule has 0 aliphatic rings. The molecule has 0 aromatic heterocycles. The molecule has 7 heteroatoms. The molecule has 0 unspecified atom stereocenters. The van der Waals surface area contributed by atoms with Crippen LogP contribution < -0.4 is 20.1 Å². The number of carbonyl (C=O) groups is 2. The monoisotopic (exact) mass is 386 g/mol. The number of rotatable bonds is 9. The van der Waals surface area contributed by atoms with Crippen LogP contribution in [0.4, 0.5) is 10.5 Å². The Balaban J connectivity index is 1.93. The molecule has 0 saturated heterocycles. The normalized spacial score (nSPS) is 11.2. The Bertz CT molecular complexity index is 780. The smallest absolute Gasteiger partial charge is 0.408 e. The summed E-state index contributed by atoms with van der Waals surface area (Å²) in [5, 5.41) is 5.27. The molecule has 0 bridgehead atoms. The van der Waals surface area contributed by atoms with Crippen LogP contribution in [0.2, 0.25) is 0 Å². The number of alkyl carbamates (subject to hydrolysis) is 1. The van der Waals surface area contributed by atoms with Gasteiger partial charge in [0.2, 0.25) is 5.91 Å². The van der Waals surface area contributed by atoms with E-state index in [0.717, 1.165) is 5.56 Å². The van der Waals surface area contributed by atoms with E-state index in [2.05, 4.69) is 10.6 Å². The highest BCUT2D eigenvalue weighted by Gasteiger charge is 2.18. The number of benzene rings is 2. The molecule has 2 N–H and O–H groups in total. The van der Waals surface area contributed by atoms with Crippen LogP contribution in [0, 0.1) is 0 Å². The van der Waals surface area contributed by atoms with Crippen molar-refractivity contribution in [3.63, 3.8) is 0 Å². The molecule has 0 saturated carbocycles. The van der Waals surface area contributed by atoms with Crippen molar-refractivity contribution >= 4 is 17.7 Å². The summed E-state index contributed by atoms with van der Waals surface area (Å²) < 4.78 is 16.1. The Hall–Kier alpha value is -3.22. The van der Waals surface area contributed by atoms with E-state index in [9.17, 15) is 9.59 Å². The van der Waals surface area contributed by atoms with Crippen molar-refractivity contribution in [2.45, 2.75) is 33.4 Å². The quantitative estimate of drug-likeness (QED) is 0.686. The molecule has 0 radical (unpaired) electrons. The lowest BCUT2D eigenvalue weighted by molar-refractivity contribution is -0.117. The lowest BCUT2D eigenvalue weighted by Gasteiger charge is -2.17. The third-order valence-corrected chi connectivity index (χ3v) is 3.76. The second kappa shape index (κ2) is 10.8. The Morgan fingerprint density at radius 1 is 1.00 bits per heavy atom. The summed E-state index contributed by atoms with van der Waals surface area (Å²) >= 11 is 0. The van der Waals surface area contributed by atoms with Gasteiger partial charge in [-0.05, 0) is 38.5 Å². The van der Waals surface area contributed by atoms with Crippen LogP contribution in [-0.4, -0.2) is 31.3 Å². The topological polar surface area (TPSA) is 85.9 Å². The third-order valence-electron chi connectivity index (χ3n) is 3.76. The highest BCUT2D eigenvalue weighted by molar-refractivity contribution is 5.97. The van der Waals surface area contributed by atoms with Gasteiger partial charge in [0.05, 0.1) is 18.9 Å². The average Bonchev–Trinajstić information content (AvgIpc) is 2.69. The van der Waals surface area contributed by atoms with Crippen molar-refractivity contribution < 1.29 is 23.8 Å². The second-order valence-electron chi connectivity index (χ2n) is 5.94. The van der Waals surface area contributed by atoms with E-state index < -0.39 is 18.0 Å². The first-order chi connectivity index (χ1) is 13.5. The van der Waals surface area contributed by atoms with Crippen LogP contribution in [-0.2, 0) is 16.1 Å². The summed E-state index contributed by atoms with van der Waals surface area (Å²) in [6.07, 6.45) is -0.667. The summed E-state index contributed by atoms with van der Waals surface area (Å²) in [5.74, 6) is 0.744. The molecule has 2 aromatic carbocycles. The molecule has 2 rings (SSSR count). The zero-order chi connectivity index (χ0) is 20.4. The van der Waals surface area contributed by atoms with Gasteiger partial charge in [-0.25, -0.2) is 4.79 Å². The van der Waals surface area contributed by atoms with Crippen molar-refractivity contribution in [2.24, 2.45) is 0 Å². The van der Waals surface area contributed by atoms with Gasteiger partial charge in [0.25, 0.3) is 0 Å². The molecule has 2 aromatic rings. The molecule has 0 aliphatic heterocycles. The maximum Gasteiger partial charge on any atom is 0.408 e. The zero-order valence-corrected chi connectivity index (χ0v) is 16.4. The summed E-state index contributed by atoms with van der Waals surface area (Å²) in [4.78, 5) is 24.4. The van der Waals surface area contributed by atoms with Crippen molar-refractivity contribution in [1.29, 1.82) is 0 Å². The number of carbonyl (C=O) groups excluding carboxylic acids is 2. The molecule has 0 aliphatic carbocycles. The van der Waals surface area contributed by atoms with Crippen LogP contribution in [0.1, 0.15) is 26.3 Å². The van der Waals surface area contributed by atoms with Crippen molar-refractivity contribution in [3.8, 4) is 11.5 Å². The summed E-state index contributed by atoms with van der Waals surface area (Å²) in [6, 6.07) is 13.7. The van der Waals surface area contributed by atoms with Crippen molar-refractivity contribution in [1.82, 2.24) is 5.32 Å². The maximum absolute atomic E-state index is 12.5. The molecule has 28 heavy (non-hydrogen) atoms. The van der Waals surface area contributed by atoms with Crippen LogP contribution in [0.3, 0.4) is 0 Å². The van der Waals surface area contributed by atoms with Gasteiger partial charge in [-0.3, -0.25) is 4.79 Å². The van der Waals surface area contributed by atoms with E-state index in [-0.39, 0.29) is 6.61 Å². The predicted octanol–water partition coefficient (Wildman–Crippen LogP) is 3.74. The highest BCUT2D eigenvalue weighted by Crippen LogP contribution is 2.29. The predicted molar refractivity (Wildman–Crippen MR) is 107 cm³/mol. The molecule has 0 fully saturated rings. The van der Waals surface area contributed by atoms with Crippen molar-refractivity contribution in [2.75, 3.05) is 18.5 Å². The fraction of sp³-hybridized carbons (Fsp3) is 0.333. The average molecular weight is 386 g/mol. The Kier molecular flexibility index (Phi) is 8.14. The van der Waals surface area contributed by atoms with E-state index in [0.29, 0.717) is 30.4 Å². The maximum atomic E-state index is 12.5. The molecule has 0 spiro atoms. The van der Waals surface area contributed by atoms with Crippen LogP contribution in [0.5, 0.6) is 11.5 Å². The first-order valence-electron chi connectivity index (χ1n) is 9.21. The fourth-order valence-electron chi connectivity index (χ4n) is 2.39. The van der Waals surface area contributed by atoms with Gasteiger partial charge in [-0.15, -0.1) is 0 Å². The van der Waals surface area contributed by atoms with Gasteiger partial charge in [0.1, 0.15) is 24.1 Å². The number of hydrogen-bond acceptors (Lipinski definition) is 5. The molecular weight excluding hydrogens is 360 g/mol. The molecule has 150 valence electrons. The fourth-order valence-corrected chi connectivity index (χ4v) is 2.39. The van der Waals surface area contributed by atoms with E-state index in [1.807, 2.05) is 44.2 Å². The Labute approximate surface area is 165 Å². The van der Waals surface area contributed by atoms with Crippen LogP contribution >= 0.6 is 0 Å². The first kappa shape index (κ1) is 21.1. The van der Waals surface area contributed by atoms with E-state index in [1.165, 1.54) is 0 Å². The highest BCUT2D eigenvalue weighted by atomic mass is 16.5. The summed E-state index contributed by atoms with van der Waals surface area (Å²) in [7, 11) is 0. The largest absolute Gasteiger partial charge is 0.494 e. The molecular formula is C21H26N2O5. The number of ether oxygens (including phenoxy) is 3. The minimum Gasteiger partial charge on any atom is -0.494 e. The van der Waals surface area contributed by atoms with E-state index in [1.54, 1.807) is 25.1 Å². The van der Waals surface area contributed by atoms with Gasteiger partial charge in [0.15, 0.2) is 0 Å². The third kappa shape index (κ3) is 6.50. The lowest BCUT2D eigenvalue weighted by Crippen LogP contribution is -2.41. The van der Waals surface area contributed by atoms with Crippen LogP contribution in [0.25, 0.3) is 0 Å². The standard InChI is InChI=1S/C21H26N2O5/c1-4-26-17-11-12-19(27-5-2)18(13-17)23-20(24)15(3)22-21(25)28-14-16-9-7-6-8-10-16/h6-13,15H,4-5,14H2,1-3H3,(H,22,25)(H,23,24)/t15-/m0/s1. The van der Waals surface area contributed by atoms with Gasteiger partial charge in [0, 0.05) is 6.07 Å². The van der Waals surface area contributed by atoms with Gasteiger partial charge < -0.3 is 24.8 Å². The molecule has 0 heterocycles. The van der Waals surface area contributed by atoms with E-state index >= 15 is 0 Å². The van der Waals surface area contributed by atoms with E-state index in [4.69, 9.17) is 14.2 Å². The Morgan fingerprint density at radius 3 is 2.39 bits per heavy atom. The summed E-state index contributed by atoms with van der Waals surface area (Å²) in [5.41, 5.74) is 1.34. The number of anilines is 1. The zero-order valence-electron chi connectivity index (χ0n) is 16.4. The minimum absolute atomic E-state index is 0.131. The van der Waals surface area contributed by atoms with Crippen LogP contribution in [0.15, 0.2) is 48.5 Å². The van der Waals surface area contributed by atoms with Gasteiger partial charge in [-0.1, -0.05) is 30.3 Å². The molecule has 1 atom stereocenters. The lowest BCUT2D eigenvalue weighted by atomic mass is 10.2. The van der Waals surface area contributed by atoms with Gasteiger partial charge in [-0.2, -0.15) is 0 Å². The second-order valence-corrected chi connectivity index (χ2v) is 5.94. The van der Waals surface area contributed by atoms with Crippen molar-refractivity contribution in [3.05, 3.63) is 54.1 Å². The first-order valence-corrected chi connectivity index (χ1v) is 9.21. The molecule has 2 amide bonds. The van der Waals surface area contributed by atoms with Gasteiger partial charge >= 0.3 is 6.09 Å². The SMILES string of the molecule is CCOc1ccc(OCC)c(NC(=O)[C@H](C)NC(=O)OCc2ccccc2)c1.